The summed E-state index contributed by atoms with van der Waals surface area (Å²) in [5, 5.41) is 0. The Labute approximate surface area is 93.1 Å². The highest BCUT2D eigenvalue weighted by molar-refractivity contribution is 5.78. The molecule has 0 aliphatic rings. The van der Waals surface area contributed by atoms with Gasteiger partial charge in [0.15, 0.2) is 5.82 Å². The van der Waals surface area contributed by atoms with E-state index in [0.717, 1.165) is 22.6 Å². The number of hydrogen-bond acceptors (Lipinski definition) is 1. The largest absolute Gasteiger partial charge is 0.337 e. The lowest BCUT2D eigenvalue weighted by Gasteiger charge is -1.98. The van der Waals surface area contributed by atoms with Crippen molar-refractivity contribution in [1.82, 2.24) is 14.5 Å². The van der Waals surface area contributed by atoms with Gasteiger partial charge in [0.25, 0.3) is 0 Å². The average Bonchev–Trinajstić information content (AvgIpc) is 2.94. The minimum Gasteiger partial charge on any atom is -0.337 e. The first-order valence-corrected chi connectivity index (χ1v) is 5.13. The Balaban J connectivity index is 2.22. The van der Waals surface area contributed by atoms with E-state index in [2.05, 4.69) is 16.5 Å². The molecule has 0 fully saturated rings. The predicted octanol–water partition coefficient (Wildman–Crippen LogP) is 3.13. The lowest BCUT2D eigenvalue weighted by Crippen LogP contribution is -1.88. The fourth-order valence-electron chi connectivity index (χ4n) is 1.83. The summed E-state index contributed by atoms with van der Waals surface area (Å²) >= 11 is 0. The number of H-pyrrole nitrogens is 1. The van der Waals surface area contributed by atoms with Crippen molar-refractivity contribution in [2.45, 2.75) is 0 Å². The summed E-state index contributed by atoms with van der Waals surface area (Å²) in [5.74, 6) is 0.867. The smallest absolute Gasteiger partial charge is 0.155 e. The van der Waals surface area contributed by atoms with Crippen LogP contribution in [0.4, 0.5) is 0 Å². The standard InChI is InChI=1S/C13H11N3/c1-2-16-9-5-8-12(16)13-14-10-6-3-4-7-11(10)15-13/h2-9H,1H2,(H,14,15). The summed E-state index contributed by atoms with van der Waals surface area (Å²) in [6.45, 7) is 3.76. The van der Waals surface area contributed by atoms with Crippen LogP contribution in [-0.2, 0) is 0 Å². The molecule has 0 aliphatic heterocycles. The summed E-state index contributed by atoms with van der Waals surface area (Å²) in [7, 11) is 0. The molecule has 0 bridgehead atoms. The van der Waals surface area contributed by atoms with Gasteiger partial charge in [-0.25, -0.2) is 4.98 Å². The molecule has 3 aromatic rings. The highest BCUT2D eigenvalue weighted by atomic mass is 15.0. The number of para-hydroxylation sites is 2. The first-order valence-electron chi connectivity index (χ1n) is 5.13. The summed E-state index contributed by atoms with van der Waals surface area (Å²) in [6.07, 6.45) is 3.72. The molecule has 0 aliphatic carbocycles. The number of aromatic amines is 1. The quantitative estimate of drug-likeness (QED) is 0.691. The van der Waals surface area contributed by atoms with E-state index in [4.69, 9.17) is 0 Å². The third-order valence-electron chi connectivity index (χ3n) is 2.61. The Kier molecular flexibility index (Phi) is 1.90. The highest BCUT2D eigenvalue weighted by Crippen LogP contribution is 2.20. The molecule has 3 nitrogen and oxygen atoms in total. The van der Waals surface area contributed by atoms with Crippen LogP contribution in [-0.4, -0.2) is 14.5 Å². The molecule has 3 rings (SSSR count). The fourth-order valence-corrected chi connectivity index (χ4v) is 1.83. The number of benzene rings is 1. The van der Waals surface area contributed by atoms with E-state index in [-0.39, 0.29) is 0 Å². The molecule has 1 aromatic carbocycles. The molecule has 1 N–H and O–H groups in total. The van der Waals surface area contributed by atoms with Crippen LogP contribution >= 0.6 is 0 Å². The SMILES string of the molecule is C=Cn1cccc1-c1nc2ccccc2[nH]1. The van der Waals surface area contributed by atoms with Crippen molar-refractivity contribution in [2.24, 2.45) is 0 Å². The molecule has 16 heavy (non-hydrogen) atoms. The molecular weight excluding hydrogens is 198 g/mol. The average molecular weight is 209 g/mol. The first kappa shape index (κ1) is 8.97. The fraction of sp³-hybridized carbons (Fsp3) is 0. The van der Waals surface area contributed by atoms with Gasteiger partial charge in [0.1, 0.15) is 0 Å². The highest BCUT2D eigenvalue weighted by Gasteiger charge is 2.07. The van der Waals surface area contributed by atoms with Crippen LogP contribution in [0.25, 0.3) is 28.8 Å². The van der Waals surface area contributed by atoms with Crippen LogP contribution in [0, 0.1) is 0 Å². The van der Waals surface area contributed by atoms with Crippen molar-refractivity contribution in [3.05, 3.63) is 49.2 Å². The minimum absolute atomic E-state index is 0.867. The Morgan fingerprint density at radius 2 is 2.06 bits per heavy atom. The Bertz CT molecular complexity index is 613. The Morgan fingerprint density at radius 3 is 2.88 bits per heavy atom. The van der Waals surface area contributed by atoms with Crippen LogP contribution < -0.4 is 0 Å². The molecule has 0 saturated carbocycles. The maximum Gasteiger partial charge on any atom is 0.155 e. The van der Waals surface area contributed by atoms with Crippen molar-refractivity contribution >= 4 is 17.2 Å². The van der Waals surface area contributed by atoms with E-state index in [1.807, 2.05) is 47.2 Å². The van der Waals surface area contributed by atoms with Gasteiger partial charge in [-0.05, 0) is 24.3 Å². The van der Waals surface area contributed by atoms with Crippen LogP contribution in [0.2, 0.25) is 0 Å². The summed E-state index contributed by atoms with van der Waals surface area (Å²) < 4.78 is 1.94. The van der Waals surface area contributed by atoms with Gasteiger partial charge >= 0.3 is 0 Å². The van der Waals surface area contributed by atoms with Crippen molar-refractivity contribution < 1.29 is 0 Å². The van der Waals surface area contributed by atoms with E-state index in [0.29, 0.717) is 0 Å². The second-order valence-corrected chi connectivity index (χ2v) is 3.59. The maximum atomic E-state index is 4.54. The van der Waals surface area contributed by atoms with Crippen LogP contribution in [0.3, 0.4) is 0 Å². The normalized spacial score (nSPS) is 10.8. The number of aromatic nitrogens is 3. The maximum absolute atomic E-state index is 4.54. The third-order valence-corrected chi connectivity index (χ3v) is 2.61. The topological polar surface area (TPSA) is 33.6 Å². The number of nitrogens with zero attached hydrogens (tertiary/aromatic N) is 2. The predicted molar refractivity (Wildman–Crippen MR) is 65.9 cm³/mol. The molecule has 2 heterocycles. The second-order valence-electron chi connectivity index (χ2n) is 3.59. The van der Waals surface area contributed by atoms with E-state index < -0.39 is 0 Å². The zero-order valence-electron chi connectivity index (χ0n) is 8.72. The van der Waals surface area contributed by atoms with Gasteiger partial charge in [0.2, 0.25) is 0 Å². The van der Waals surface area contributed by atoms with E-state index in [1.165, 1.54) is 0 Å². The third kappa shape index (κ3) is 1.26. The Morgan fingerprint density at radius 1 is 1.19 bits per heavy atom. The van der Waals surface area contributed by atoms with Gasteiger partial charge in [-0.15, -0.1) is 0 Å². The van der Waals surface area contributed by atoms with Gasteiger partial charge in [0, 0.05) is 12.4 Å². The molecule has 3 heteroatoms. The van der Waals surface area contributed by atoms with Crippen LogP contribution in [0.15, 0.2) is 49.2 Å². The van der Waals surface area contributed by atoms with Crippen molar-refractivity contribution in [1.29, 1.82) is 0 Å². The molecule has 0 amide bonds. The lowest BCUT2D eigenvalue weighted by molar-refractivity contribution is 1.14. The number of nitrogens with one attached hydrogen (secondary N) is 1. The molecule has 0 atom stereocenters. The summed E-state index contributed by atoms with van der Waals surface area (Å²) in [6, 6.07) is 12.0. The first-order chi connectivity index (χ1) is 7.88. The molecule has 78 valence electrons. The minimum atomic E-state index is 0.867. The van der Waals surface area contributed by atoms with Gasteiger partial charge in [-0.3, -0.25) is 0 Å². The molecule has 2 aromatic heterocycles. The number of hydrogen-bond donors (Lipinski definition) is 1. The second kappa shape index (κ2) is 3.38. The molecular formula is C13H11N3. The van der Waals surface area contributed by atoms with Gasteiger partial charge in [-0.2, -0.15) is 0 Å². The number of fused-ring (bicyclic) bond motifs is 1. The van der Waals surface area contributed by atoms with Crippen molar-refractivity contribution in [2.75, 3.05) is 0 Å². The monoisotopic (exact) mass is 209 g/mol. The van der Waals surface area contributed by atoms with E-state index >= 15 is 0 Å². The number of rotatable bonds is 2. The lowest BCUT2D eigenvalue weighted by atomic mass is 10.3. The van der Waals surface area contributed by atoms with Crippen LogP contribution in [0.5, 0.6) is 0 Å². The van der Waals surface area contributed by atoms with Gasteiger partial charge in [-0.1, -0.05) is 18.7 Å². The molecule has 0 radical (unpaired) electrons. The molecule has 0 spiro atoms. The van der Waals surface area contributed by atoms with Crippen molar-refractivity contribution in [3.63, 3.8) is 0 Å². The molecule has 0 unspecified atom stereocenters. The zero-order chi connectivity index (χ0) is 11.0. The van der Waals surface area contributed by atoms with Gasteiger partial charge < -0.3 is 9.55 Å². The van der Waals surface area contributed by atoms with E-state index in [9.17, 15) is 0 Å². The van der Waals surface area contributed by atoms with Crippen molar-refractivity contribution in [3.8, 4) is 11.5 Å². The number of imidazole rings is 1. The summed E-state index contributed by atoms with van der Waals surface area (Å²) in [5.41, 5.74) is 3.05. The Hall–Kier alpha value is -2.29. The molecule has 0 saturated heterocycles. The van der Waals surface area contributed by atoms with Gasteiger partial charge in [0.05, 0.1) is 16.7 Å². The van der Waals surface area contributed by atoms with E-state index in [1.54, 1.807) is 6.20 Å². The van der Waals surface area contributed by atoms with Crippen LogP contribution in [0.1, 0.15) is 0 Å². The zero-order valence-corrected chi connectivity index (χ0v) is 8.72. The summed E-state index contributed by atoms with van der Waals surface area (Å²) in [4.78, 5) is 7.83.